The predicted molar refractivity (Wildman–Crippen MR) is 58.3 cm³/mol. The zero-order valence-corrected chi connectivity index (χ0v) is 8.72. The van der Waals surface area contributed by atoms with E-state index in [9.17, 15) is 4.39 Å². The molecule has 0 bridgehead atoms. The molecule has 0 heterocycles. The van der Waals surface area contributed by atoms with Gasteiger partial charge in [0.25, 0.3) is 0 Å². The predicted octanol–water partition coefficient (Wildman–Crippen LogP) is 2.49. The Morgan fingerprint density at radius 1 is 1.21 bits per heavy atom. The van der Waals surface area contributed by atoms with Gasteiger partial charge in [0.1, 0.15) is 0 Å². The van der Waals surface area contributed by atoms with E-state index in [4.69, 9.17) is 0 Å². The molecule has 0 aliphatic rings. The molecule has 1 rings (SSSR count). The number of aryl methyl sites for hydroxylation is 1. The van der Waals surface area contributed by atoms with Gasteiger partial charge in [-0.1, -0.05) is 24.3 Å². The van der Waals surface area contributed by atoms with E-state index < -0.39 is 0 Å². The van der Waals surface area contributed by atoms with E-state index in [-0.39, 0.29) is 6.67 Å². The lowest BCUT2D eigenvalue weighted by Crippen LogP contribution is -2.19. The van der Waals surface area contributed by atoms with E-state index in [0.717, 1.165) is 19.5 Å². The minimum absolute atomic E-state index is 0.225. The Bertz CT molecular complexity index is 260. The highest BCUT2D eigenvalue weighted by atomic mass is 19.1. The molecule has 2 heteroatoms. The first kappa shape index (κ1) is 11.2. The molecule has 0 aliphatic heterocycles. The monoisotopic (exact) mass is 195 g/mol. The van der Waals surface area contributed by atoms with Crippen molar-refractivity contribution < 1.29 is 4.39 Å². The van der Waals surface area contributed by atoms with E-state index in [0.29, 0.717) is 6.42 Å². The maximum atomic E-state index is 11.8. The van der Waals surface area contributed by atoms with Crippen LogP contribution in [0.5, 0.6) is 0 Å². The van der Waals surface area contributed by atoms with Crippen molar-refractivity contribution in [2.45, 2.75) is 19.8 Å². The standard InChI is InChI=1S/C12H18FN/c1-11-5-2-3-6-12(11)7-10-14-9-4-8-13/h2-3,5-6,14H,4,7-10H2,1H3. The Hall–Kier alpha value is -0.890. The van der Waals surface area contributed by atoms with E-state index >= 15 is 0 Å². The molecular formula is C12H18FN. The summed E-state index contributed by atoms with van der Waals surface area (Å²) in [5, 5.41) is 3.22. The Kier molecular flexibility index (Phi) is 5.23. The minimum Gasteiger partial charge on any atom is -0.316 e. The molecule has 78 valence electrons. The van der Waals surface area contributed by atoms with Gasteiger partial charge in [-0.2, -0.15) is 0 Å². The van der Waals surface area contributed by atoms with E-state index in [1.165, 1.54) is 11.1 Å². The molecule has 0 unspecified atom stereocenters. The first-order chi connectivity index (χ1) is 6.84. The molecule has 0 saturated heterocycles. The highest BCUT2D eigenvalue weighted by molar-refractivity contribution is 5.25. The molecule has 0 atom stereocenters. The molecule has 0 spiro atoms. The van der Waals surface area contributed by atoms with Crippen molar-refractivity contribution in [3.8, 4) is 0 Å². The quantitative estimate of drug-likeness (QED) is 0.688. The van der Waals surface area contributed by atoms with Crippen molar-refractivity contribution in [1.82, 2.24) is 5.32 Å². The molecule has 0 saturated carbocycles. The molecule has 1 aromatic carbocycles. The maximum Gasteiger partial charge on any atom is 0.0906 e. The topological polar surface area (TPSA) is 12.0 Å². The highest BCUT2D eigenvalue weighted by Crippen LogP contribution is 2.06. The summed E-state index contributed by atoms with van der Waals surface area (Å²) in [6.07, 6.45) is 1.65. The largest absolute Gasteiger partial charge is 0.316 e. The number of halogens is 1. The number of hydrogen-bond donors (Lipinski definition) is 1. The third-order valence-corrected chi connectivity index (χ3v) is 2.32. The highest BCUT2D eigenvalue weighted by Gasteiger charge is 1.95. The molecule has 1 N–H and O–H groups in total. The molecule has 0 aromatic heterocycles. The summed E-state index contributed by atoms with van der Waals surface area (Å²) < 4.78 is 11.8. The fraction of sp³-hybridized carbons (Fsp3) is 0.500. The van der Waals surface area contributed by atoms with E-state index in [2.05, 4.69) is 36.5 Å². The van der Waals surface area contributed by atoms with Crippen LogP contribution in [-0.4, -0.2) is 19.8 Å². The lowest BCUT2D eigenvalue weighted by Gasteiger charge is -2.06. The van der Waals surface area contributed by atoms with Crippen LogP contribution in [0.1, 0.15) is 17.5 Å². The normalized spacial score (nSPS) is 10.4. The number of alkyl halides is 1. The molecular weight excluding hydrogens is 177 g/mol. The van der Waals surface area contributed by atoms with Gasteiger partial charge in [0.05, 0.1) is 6.67 Å². The van der Waals surface area contributed by atoms with E-state index in [1.54, 1.807) is 0 Å². The average Bonchev–Trinajstić information content (AvgIpc) is 2.20. The van der Waals surface area contributed by atoms with Crippen LogP contribution in [0.4, 0.5) is 4.39 Å². The van der Waals surface area contributed by atoms with Gasteiger partial charge in [-0.25, -0.2) is 0 Å². The second-order valence-corrected chi connectivity index (χ2v) is 3.47. The van der Waals surface area contributed by atoms with Gasteiger partial charge in [0.2, 0.25) is 0 Å². The van der Waals surface area contributed by atoms with Crippen molar-refractivity contribution in [2.75, 3.05) is 19.8 Å². The first-order valence-corrected chi connectivity index (χ1v) is 5.16. The molecule has 0 fully saturated rings. The summed E-state index contributed by atoms with van der Waals surface area (Å²) in [5.41, 5.74) is 2.71. The van der Waals surface area contributed by atoms with Crippen molar-refractivity contribution in [1.29, 1.82) is 0 Å². The van der Waals surface area contributed by atoms with Gasteiger partial charge in [-0.3, -0.25) is 4.39 Å². The lowest BCUT2D eigenvalue weighted by molar-refractivity contribution is 0.460. The van der Waals surface area contributed by atoms with Gasteiger partial charge in [-0.15, -0.1) is 0 Å². The molecule has 1 aromatic rings. The van der Waals surface area contributed by atoms with Gasteiger partial charge in [0, 0.05) is 0 Å². The van der Waals surface area contributed by atoms with Crippen LogP contribution in [0, 0.1) is 6.92 Å². The number of nitrogens with one attached hydrogen (secondary N) is 1. The molecule has 14 heavy (non-hydrogen) atoms. The summed E-state index contributed by atoms with van der Waals surface area (Å²) in [6, 6.07) is 8.38. The average molecular weight is 195 g/mol. The minimum atomic E-state index is -0.225. The van der Waals surface area contributed by atoms with Gasteiger partial charge >= 0.3 is 0 Å². The zero-order chi connectivity index (χ0) is 10.2. The molecule has 0 amide bonds. The van der Waals surface area contributed by atoms with Crippen molar-refractivity contribution >= 4 is 0 Å². The molecule has 0 radical (unpaired) electrons. The van der Waals surface area contributed by atoms with Crippen LogP contribution in [0.2, 0.25) is 0 Å². The first-order valence-electron chi connectivity index (χ1n) is 5.16. The molecule has 1 nitrogen and oxygen atoms in total. The summed E-state index contributed by atoms with van der Waals surface area (Å²) in [5.74, 6) is 0. The Balaban J connectivity index is 2.21. The zero-order valence-electron chi connectivity index (χ0n) is 8.72. The number of benzene rings is 1. The van der Waals surface area contributed by atoms with Crippen LogP contribution in [0.15, 0.2) is 24.3 Å². The summed E-state index contributed by atoms with van der Waals surface area (Å²) in [4.78, 5) is 0. The summed E-state index contributed by atoms with van der Waals surface area (Å²) in [6.45, 7) is 3.61. The van der Waals surface area contributed by atoms with Gasteiger partial charge in [0.15, 0.2) is 0 Å². The lowest BCUT2D eigenvalue weighted by atomic mass is 10.1. The number of hydrogen-bond acceptors (Lipinski definition) is 1. The van der Waals surface area contributed by atoms with E-state index in [1.807, 2.05) is 0 Å². The van der Waals surface area contributed by atoms with Crippen LogP contribution in [0.25, 0.3) is 0 Å². The summed E-state index contributed by atoms with van der Waals surface area (Å²) in [7, 11) is 0. The van der Waals surface area contributed by atoms with Gasteiger partial charge in [-0.05, 0) is 44.0 Å². The van der Waals surface area contributed by atoms with Crippen LogP contribution in [0.3, 0.4) is 0 Å². The Labute approximate surface area is 85.3 Å². The second kappa shape index (κ2) is 6.55. The molecule has 0 aliphatic carbocycles. The second-order valence-electron chi connectivity index (χ2n) is 3.47. The third-order valence-electron chi connectivity index (χ3n) is 2.32. The number of rotatable bonds is 6. The Morgan fingerprint density at radius 2 is 2.00 bits per heavy atom. The maximum absolute atomic E-state index is 11.8. The smallest absolute Gasteiger partial charge is 0.0906 e. The van der Waals surface area contributed by atoms with Crippen LogP contribution >= 0.6 is 0 Å². The van der Waals surface area contributed by atoms with Crippen molar-refractivity contribution in [3.63, 3.8) is 0 Å². The van der Waals surface area contributed by atoms with Crippen molar-refractivity contribution in [3.05, 3.63) is 35.4 Å². The third kappa shape index (κ3) is 3.88. The summed E-state index contributed by atoms with van der Waals surface area (Å²) >= 11 is 0. The van der Waals surface area contributed by atoms with Crippen LogP contribution < -0.4 is 5.32 Å². The fourth-order valence-corrected chi connectivity index (χ4v) is 1.43. The van der Waals surface area contributed by atoms with Crippen LogP contribution in [-0.2, 0) is 6.42 Å². The Morgan fingerprint density at radius 3 is 2.71 bits per heavy atom. The SMILES string of the molecule is Cc1ccccc1CCNCCCF. The van der Waals surface area contributed by atoms with Crippen molar-refractivity contribution in [2.24, 2.45) is 0 Å². The van der Waals surface area contributed by atoms with Gasteiger partial charge < -0.3 is 5.32 Å². The fourth-order valence-electron chi connectivity index (χ4n) is 1.43.